The molecule has 0 amide bonds. The van der Waals surface area contributed by atoms with Gasteiger partial charge in [0.2, 0.25) is 0 Å². The molecule has 0 aliphatic carbocycles. The first kappa shape index (κ1) is 17.7. The molecule has 5 nitrogen and oxygen atoms in total. The molecule has 2 unspecified atom stereocenters. The third-order valence-electron chi connectivity index (χ3n) is 4.06. The molecule has 7 heteroatoms. The molecule has 0 bridgehead atoms. The Morgan fingerprint density at radius 1 is 1.36 bits per heavy atom. The fraction of sp³-hybridized carbons (Fsp3) is 0.600. The number of halogens is 1. The Hall–Kier alpha value is -0.660. The predicted octanol–water partition coefficient (Wildman–Crippen LogP) is 2.25. The number of benzene rings is 1. The van der Waals surface area contributed by atoms with E-state index in [0.717, 1.165) is 18.4 Å². The predicted molar refractivity (Wildman–Crippen MR) is 87.9 cm³/mol. The van der Waals surface area contributed by atoms with Crippen molar-refractivity contribution < 1.29 is 13.5 Å². The molecule has 124 valence electrons. The first-order chi connectivity index (χ1) is 10.3. The number of piperidine rings is 1. The first-order valence-corrected chi connectivity index (χ1v) is 9.25. The zero-order valence-corrected chi connectivity index (χ0v) is 14.5. The zero-order valence-electron chi connectivity index (χ0n) is 12.9. The topological polar surface area (TPSA) is 60.9 Å². The lowest BCUT2D eigenvalue weighted by Crippen LogP contribution is -2.53. The van der Waals surface area contributed by atoms with E-state index in [1.807, 2.05) is 12.1 Å². The van der Waals surface area contributed by atoms with Gasteiger partial charge in [0.25, 0.3) is 10.2 Å². The fourth-order valence-electron chi connectivity index (χ4n) is 2.81. The van der Waals surface area contributed by atoms with Gasteiger partial charge >= 0.3 is 0 Å². The number of hydrogen-bond donors (Lipinski definition) is 1. The molecular weight excluding hydrogens is 324 g/mol. The highest BCUT2D eigenvalue weighted by molar-refractivity contribution is 7.86. The molecule has 22 heavy (non-hydrogen) atoms. The highest BCUT2D eigenvalue weighted by Crippen LogP contribution is 2.25. The van der Waals surface area contributed by atoms with E-state index in [0.29, 0.717) is 18.0 Å². The van der Waals surface area contributed by atoms with Gasteiger partial charge in [-0.25, -0.2) is 0 Å². The SMILES string of the molecule is CC(O)C1CCCCN1S(=O)(=O)N(C)Cc1ccc(Cl)cc1. The van der Waals surface area contributed by atoms with Crippen molar-refractivity contribution in [3.05, 3.63) is 34.9 Å². The van der Waals surface area contributed by atoms with Crippen molar-refractivity contribution in [2.75, 3.05) is 13.6 Å². The number of aliphatic hydroxyl groups excluding tert-OH is 1. The minimum atomic E-state index is -3.59. The van der Waals surface area contributed by atoms with Crippen molar-refractivity contribution in [3.63, 3.8) is 0 Å². The minimum absolute atomic E-state index is 0.280. The highest BCUT2D eigenvalue weighted by Gasteiger charge is 2.37. The molecule has 1 saturated heterocycles. The molecule has 1 heterocycles. The smallest absolute Gasteiger partial charge is 0.282 e. The lowest BCUT2D eigenvalue weighted by molar-refractivity contribution is 0.0796. The molecule has 1 aliphatic heterocycles. The van der Waals surface area contributed by atoms with Gasteiger partial charge in [-0.3, -0.25) is 0 Å². The molecule has 0 saturated carbocycles. The van der Waals surface area contributed by atoms with Crippen LogP contribution in [-0.4, -0.2) is 47.9 Å². The molecular formula is C15H23ClN2O3S. The summed E-state index contributed by atoms with van der Waals surface area (Å²) >= 11 is 5.85. The van der Waals surface area contributed by atoms with Gasteiger partial charge < -0.3 is 5.11 Å². The van der Waals surface area contributed by atoms with Crippen molar-refractivity contribution in [1.29, 1.82) is 0 Å². The summed E-state index contributed by atoms with van der Waals surface area (Å²) in [5.41, 5.74) is 0.876. The molecule has 2 rings (SSSR count). The van der Waals surface area contributed by atoms with Crippen LogP contribution in [0.1, 0.15) is 31.7 Å². The Morgan fingerprint density at radius 2 is 2.00 bits per heavy atom. The van der Waals surface area contributed by atoms with E-state index in [1.165, 1.54) is 8.61 Å². The highest BCUT2D eigenvalue weighted by atomic mass is 35.5. The van der Waals surface area contributed by atoms with E-state index in [2.05, 4.69) is 0 Å². The van der Waals surface area contributed by atoms with Gasteiger partial charge in [0.05, 0.1) is 12.1 Å². The lowest BCUT2D eigenvalue weighted by atomic mass is 10.0. The summed E-state index contributed by atoms with van der Waals surface area (Å²) in [4.78, 5) is 0. The van der Waals surface area contributed by atoms with E-state index in [9.17, 15) is 13.5 Å². The summed E-state index contributed by atoms with van der Waals surface area (Å²) in [6.07, 6.45) is 1.81. The van der Waals surface area contributed by atoms with Crippen LogP contribution >= 0.6 is 11.6 Å². The molecule has 1 aromatic rings. The second kappa shape index (κ2) is 7.27. The zero-order chi connectivity index (χ0) is 16.3. The number of rotatable bonds is 5. The van der Waals surface area contributed by atoms with Gasteiger partial charge in [0, 0.05) is 25.2 Å². The van der Waals surface area contributed by atoms with Crippen molar-refractivity contribution in [1.82, 2.24) is 8.61 Å². The Bertz CT molecular complexity index is 589. The Balaban J connectivity index is 2.15. The Kier molecular flexibility index (Phi) is 5.85. The monoisotopic (exact) mass is 346 g/mol. The summed E-state index contributed by atoms with van der Waals surface area (Å²) in [5.74, 6) is 0. The van der Waals surface area contributed by atoms with E-state index in [4.69, 9.17) is 11.6 Å². The maximum atomic E-state index is 12.8. The lowest BCUT2D eigenvalue weighted by Gasteiger charge is -2.38. The summed E-state index contributed by atoms with van der Waals surface area (Å²) in [6.45, 7) is 2.39. The Labute approximate surface area is 137 Å². The van der Waals surface area contributed by atoms with Crippen LogP contribution in [0.15, 0.2) is 24.3 Å². The van der Waals surface area contributed by atoms with Gasteiger partial charge in [-0.15, -0.1) is 0 Å². The summed E-state index contributed by atoms with van der Waals surface area (Å²) < 4.78 is 28.3. The minimum Gasteiger partial charge on any atom is -0.392 e. The molecule has 2 atom stereocenters. The molecule has 1 fully saturated rings. The van der Waals surface area contributed by atoms with Crippen molar-refractivity contribution >= 4 is 21.8 Å². The van der Waals surface area contributed by atoms with Gasteiger partial charge in [-0.1, -0.05) is 30.2 Å². The van der Waals surface area contributed by atoms with Crippen LogP contribution in [-0.2, 0) is 16.8 Å². The maximum Gasteiger partial charge on any atom is 0.282 e. The average Bonchev–Trinajstić information content (AvgIpc) is 2.49. The number of nitrogens with zero attached hydrogens (tertiary/aromatic N) is 2. The number of aliphatic hydroxyl groups is 1. The van der Waals surface area contributed by atoms with Crippen LogP contribution in [0.25, 0.3) is 0 Å². The summed E-state index contributed by atoms with van der Waals surface area (Å²) in [5, 5.41) is 10.5. The largest absolute Gasteiger partial charge is 0.392 e. The maximum absolute atomic E-state index is 12.8. The normalized spacial score (nSPS) is 22.0. The van der Waals surface area contributed by atoms with Gasteiger partial charge in [-0.2, -0.15) is 17.0 Å². The van der Waals surface area contributed by atoms with E-state index in [1.54, 1.807) is 26.1 Å². The van der Waals surface area contributed by atoms with Crippen LogP contribution in [0.4, 0.5) is 0 Å². The van der Waals surface area contributed by atoms with Gasteiger partial charge in [-0.05, 0) is 37.5 Å². The van der Waals surface area contributed by atoms with Crippen molar-refractivity contribution in [3.8, 4) is 0 Å². The number of hydrogen-bond acceptors (Lipinski definition) is 3. The van der Waals surface area contributed by atoms with Crippen LogP contribution in [0.5, 0.6) is 0 Å². The second-order valence-electron chi connectivity index (χ2n) is 5.80. The molecule has 1 N–H and O–H groups in total. The van der Waals surface area contributed by atoms with E-state index >= 15 is 0 Å². The molecule has 1 aliphatic rings. The van der Waals surface area contributed by atoms with Crippen molar-refractivity contribution in [2.45, 2.75) is 44.9 Å². The summed E-state index contributed by atoms with van der Waals surface area (Å²) in [6, 6.07) is 6.78. The van der Waals surface area contributed by atoms with Crippen LogP contribution < -0.4 is 0 Å². The van der Waals surface area contributed by atoms with Crippen LogP contribution in [0.2, 0.25) is 5.02 Å². The standard InChI is InChI=1S/C15H23ClN2O3S/c1-12(19)15-5-3-4-10-18(15)22(20,21)17(2)11-13-6-8-14(16)9-7-13/h6-9,12,15,19H,3-5,10-11H2,1-2H3. The second-order valence-corrected chi connectivity index (χ2v) is 8.23. The fourth-order valence-corrected chi connectivity index (χ4v) is 4.59. The first-order valence-electron chi connectivity index (χ1n) is 7.48. The van der Waals surface area contributed by atoms with Crippen LogP contribution in [0.3, 0.4) is 0 Å². The summed E-state index contributed by atoms with van der Waals surface area (Å²) in [7, 11) is -2.02. The molecule has 0 spiro atoms. The quantitative estimate of drug-likeness (QED) is 0.889. The van der Waals surface area contributed by atoms with Crippen molar-refractivity contribution in [2.24, 2.45) is 0 Å². The Morgan fingerprint density at radius 3 is 2.59 bits per heavy atom. The third-order valence-corrected chi connectivity index (χ3v) is 6.28. The average molecular weight is 347 g/mol. The third kappa shape index (κ3) is 4.00. The molecule has 1 aromatic carbocycles. The van der Waals surface area contributed by atoms with Gasteiger partial charge in [0.15, 0.2) is 0 Å². The van der Waals surface area contributed by atoms with Crippen LogP contribution in [0, 0.1) is 0 Å². The van der Waals surface area contributed by atoms with E-state index in [-0.39, 0.29) is 12.6 Å². The van der Waals surface area contributed by atoms with Gasteiger partial charge in [0.1, 0.15) is 0 Å². The molecule has 0 radical (unpaired) electrons. The van der Waals surface area contributed by atoms with E-state index < -0.39 is 16.3 Å². The molecule has 0 aromatic heterocycles.